The van der Waals surface area contributed by atoms with Crippen molar-refractivity contribution in [1.29, 1.82) is 0 Å². The smallest absolute Gasteiger partial charge is 0.188 e. The molecule has 24 heavy (non-hydrogen) atoms. The molecule has 1 saturated carbocycles. The second kappa shape index (κ2) is 5.14. The van der Waals surface area contributed by atoms with Gasteiger partial charge in [0.2, 0.25) is 0 Å². The highest BCUT2D eigenvalue weighted by Crippen LogP contribution is 2.47. The van der Waals surface area contributed by atoms with E-state index in [0.29, 0.717) is 11.1 Å². The lowest BCUT2D eigenvalue weighted by molar-refractivity contribution is 0.474. The molecule has 0 atom stereocenters. The largest absolute Gasteiger partial charge is 0.398 e. The summed E-state index contributed by atoms with van der Waals surface area (Å²) in [6.07, 6.45) is 4.82. The number of aromatic nitrogens is 1. The zero-order chi connectivity index (χ0) is 16.9. The van der Waals surface area contributed by atoms with Crippen molar-refractivity contribution in [3.05, 3.63) is 59.6 Å². The number of nitrogen functional groups attached to an aromatic ring is 1. The molecule has 4 rings (SSSR count). The summed E-state index contributed by atoms with van der Waals surface area (Å²) in [6, 6.07) is 12.1. The van der Waals surface area contributed by atoms with E-state index in [1.807, 2.05) is 24.3 Å². The Kier molecular flexibility index (Phi) is 3.18. The fraction of sp³-hybridized carbons (Fsp3) is 0.286. The lowest BCUT2D eigenvalue weighted by Crippen LogP contribution is -2.06. The predicted molar refractivity (Wildman–Crippen MR) is 100 cm³/mol. The van der Waals surface area contributed by atoms with Crippen molar-refractivity contribution in [3.8, 4) is 11.1 Å². The van der Waals surface area contributed by atoms with Crippen molar-refractivity contribution in [1.82, 2.24) is 4.57 Å². The lowest BCUT2D eigenvalue weighted by Gasteiger charge is -2.11. The van der Waals surface area contributed by atoms with Crippen LogP contribution in [-0.2, 0) is 6.54 Å². The van der Waals surface area contributed by atoms with Crippen molar-refractivity contribution in [2.75, 3.05) is 5.73 Å². The highest BCUT2D eigenvalue weighted by molar-refractivity contribution is 5.99. The molecule has 2 aromatic carbocycles. The van der Waals surface area contributed by atoms with Gasteiger partial charge < -0.3 is 10.3 Å². The van der Waals surface area contributed by atoms with Gasteiger partial charge in [0, 0.05) is 29.5 Å². The molecule has 0 bridgehead atoms. The van der Waals surface area contributed by atoms with Crippen LogP contribution < -0.4 is 5.73 Å². The number of anilines is 1. The molecular formula is C21H21N3. The minimum atomic E-state index is 0.423. The third-order valence-electron chi connectivity index (χ3n) is 5.32. The van der Waals surface area contributed by atoms with Crippen molar-refractivity contribution >= 4 is 22.3 Å². The van der Waals surface area contributed by atoms with Crippen LogP contribution in [0.4, 0.5) is 11.4 Å². The van der Waals surface area contributed by atoms with E-state index in [4.69, 9.17) is 12.3 Å². The number of nitrogens with two attached hydrogens (primary N) is 1. The Bertz CT molecular complexity index is 984. The summed E-state index contributed by atoms with van der Waals surface area (Å²) in [5.74, 6) is 0. The number of rotatable bonds is 3. The average Bonchev–Trinajstić information content (AvgIpc) is 3.20. The topological polar surface area (TPSA) is 35.3 Å². The molecule has 0 amide bonds. The monoisotopic (exact) mass is 315 g/mol. The fourth-order valence-electron chi connectivity index (χ4n) is 3.43. The van der Waals surface area contributed by atoms with Crippen molar-refractivity contribution < 1.29 is 0 Å². The first-order valence-corrected chi connectivity index (χ1v) is 8.37. The maximum absolute atomic E-state index is 7.33. The third-order valence-corrected chi connectivity index (χ3v) is 5.32. The number of hydrogen-bond acceptors (Lipinski definition) is 1. The van der Waals surface area contributed by atoms with Gasteiger partial charge in [-0.3, -0.25) is 0 Å². The molecular weight excluding hydrogens is 294 g/mol. The van der Waals surface area contributed by atoms with E-state index in [1.54, 1.807) is 0 Å². The van der Waals surface area contributed by atoms with Crippen LogP contribution in [0, 0.1) is 18.9 Å². The predicted octanol–water partition coefficient (Wildman–Crippen LogP) is 5.55. The quantitative estimate of drug-likeness (QED) is 0.499. The Balaban J connectivity index is 1.96. The summed E-state index contributed by atoms with van der Waals surface area (Å²) in [5.41, 5.74) is 12.7. The fourth-order valence-corrected chi connectivity index (χ4v) is 3.43. The molecule has 1 aliphatic carbocycles. The summed E-state index contributed by atoms with van der Waals surface area (Å²) in [7, 11) is 0. The maximum atomic E-state index is 7.33. The van der Waals surface area contributed by atoms with E-state index in [2.05, 4.69) is 41.6 Å². The van der Waals surface area contributed by atoms with Gasteiger partial charge in [0.05, 0.1) is 6.57 Å². The highest BCUT2D eigenvalue weighted by atomic mass is 15.0. The summed E-state index contributed by atoms with van der Waals surface area (Å²) >= 11 is 0. The van der Waals surface area contributed by atoms with Crippen LogP contribution in [0.1, 0.15) is 25.3 Å². The number of fused-ring (bicyclic) bond motifs is 1. The number of hydrogen-bond donors (Lipinski definition) is 1. The van der Waals surface area contributed by atoms with Gasteiger partial charge in [0.1, 0.15) is 0 Å². The Morgan fingerprint density at radius 3 is 2.71 bits per heavy atom. The van der Waals surface area contributed by atoms with Gasteiger partial charge in [-0.1, -0.05) is 25.1 Å². The molecule has 0 aliphatic heterocycles. The normalized spacial score (nSPS) is 15.4. The number of nitrogens with zero attached hydrogens (tertiary/aromatic N) is 2. The maximum Gasteiger partial charge on any atom is 0.188 e. The zero-order valence-corrected chi connectivity index (χ0v) is 14.1. The Hall–Kier alpha value is -2.73. The van der Waals surface area contributed by atoms with Crippen LogP contribution in [0.15, 0.2) is 42.6 Å². The van der Waals surface area contributed by atoms with Crippen molar-refractivity contribution in [3.63, 3.8) is 0 Å². The minimum Gasteiger partial charge on any atom is -0.398 e. The van der Waals surface area contributed by atoms with Crippen molar-refractivity contribution in [2.24, 2.45) is 5.41 Å². The third kappa shape index (κ3) is 2.35. The molecule has 0 radical (unpaired) electrons. The average molecular weight is 315 g/mol. The van der Waals surface area contributed by atoms with Gasteiger partial charge in [-0.2, -0.15) is 0 Å². The molecule has 120 valence electrons. The van der Waals surface area contributed by atoms with Gasteiger partial charge in [-0.15, -0.1) is 0 Å². The molecule has 1 aromatic heterocycles. The molecule has 1 fully saturated rings. The first-order valence-electron chi connectivity index (χ1n) is 8.37. The molecule has 0 unspecified atom stereocenters. The molecule has 0 spiro atoms. The van der Waals surface area contributed by atoms with Gasteiger partial charge >= 0.3 is 0 Å². The van der Waals surface area contributed by atoms with Crippen LogP contribution in [-0.4, -0.2) is 4.57 Å². The molecule has 3 aromatic rings. The highest BCUT2D eigenvalue weighted by Gasteiger charge is 2.37. The lowest BCUT2D eigenvalue weighted by atomic mass is 9.99. The zero-order valence-electron chi connectivity index (χ0n) is 14.1. The molecule has 1 aliphatic rings. The van der Waals surface area contributed by atoms with E-state index >= 15 is 0 Å². The van der Waals surface area contributed by atoms with E-state index in [9.17, 15) is 0 Å². The van der Waals surface area contributed by atoms with E-state index in [0.717, 1.165) is 28.7 Å². The Morgan fingerprint density at radius 1 is 1.21 bits per heavy atom. The molecule has 2 N–H and O–H groups in total. The molecule has 0 saturated heterocycles. The molecule has 3 nitrogen and oxygen atoms in total. The van der Waals surface area contributed by atoms with Gasteiger partial charge in [0.15, 0.2) is 5.69 Å². The van der Waals surface area contributed by atoms with Crippen LogP contribution in [0.25, 0.3) is 26.9 Å². The summed E-state index contributed by atoms with van der Waals surface area (Å²) in [4.78, 5) is 3.61. The van der Waals surface area contributed by atoms with Crippen LogP contribution in [0.3, 0.4) is 0 Å². The molecule has 1 heterocycles. The van der Waals surface area contributed by atoms with Gasteiger partial charge in [-0.05, 0) is 59.9 Å². The number of benzene rings is 2. The second-order valence-corrected chi connectivity index (χ2v) is 7.31. The van der Waals surface area contributed by atoms with Gasteiger partial charge in [0.25, 0.3) is 0 Å². The SMILES string of the molecule is [C-]#[N+]c1ccc2c(c1)c(-c1cccc(N)c1C)cn2CC1(C)CC1. The Labute approximate surface area is 142 Å². The standard InChI is InChI=1S/C21H21N3/c1-14-16(5-4-6-19(14)22)18-12-24(13-21(2)9-10-21)20-8-7-15(23-3)11-17(18)20/h4-8,11-12H,9-10,13,22H2,1-2H3. The first kappa shape index (κ1) is 14.8. The van der Waals surface area contributed by atoms with Crippen LogP contribution >= 0.6 is 0 Å². The van der Waals surface area contributed by atoms with E-state index in [-0.39, 0.29) is 0 Å². The molecule has 3 heteroatoms. The van der Waals surface area contributed by atoms with Crippen LogP contribution in [0.2, 0.25) is 0 Å². The second-order valence-electron chi connectivity index (χ2n) is 7.31. The summed E-state index contributed by atoms with van der Waals surface area (Å²) in [6.45, 7) is 12.8. The van der Waals surface area contributed by atoms with Crippen LogP contribution in [0.5, 0.6) is 0 Å². The summed E-state index contributed by atoms with van der Waals surface area (Å²) < 4.78 is 2.36. The van der Waals surface area contributed by atoms with Gasteiger partial charge in [-0.25, -0.2) is 4.85 Å². The first-order chi connectivity index (χ1) is 11.5. The summed E-state index contributed by atoms with van der Waals surface area (Å²) in [5, 5.41) is 1.14. The van der Waals surface area contributed by atoms with E-state index < -0.39 is 0 Å². The minimum absolute atomic E-state index is 0.423. The Morgan fingerprint density at radius 2 is 2.00 bits per heavy atom. The van der Waals surface area contributed by atoms with Crippen molar-refractivity contribution in [2.45, 2.75) is 33.2 Å². The van der Waals surface area contributed by atoms with E-state index in [1.165, 1.54) is 23.9 Å².